The molecule has 2 rings (SSSR count). The van der Waals surface area contributed by atoms with Crippen molar-refractivity contribution in [1.82, 2.24) is 9.59 Å². The Balaban J connectivity index is 2.11. The molecular weight excluding hydrogens is 290 g/mol. The van der Waals surface area contributed by atoms with Crippen LogP contribution in [0.3, 0.4) is 0 Å². The van der Waals surface area contributed by atoms with Crippen molar-refractivity contribution in [2.24, 2.45) is 0 Å². The number of rotatable bonds is 8. The third-order valence-electron chi connectivity index (χ3n) is 2.83. The van der Waals surface area contributed by atoms with Gasteiger partial charge in [0.05, 0.1) is 14.2 Å². The van der Waals surface area contributed by atoms with Crippen LogP contribution in [0.15, 0.2) is 18.2 Å². The average Bonchev–Trinajstić information content (AvgIpc) is 2.97. The number of ether oxygens (including phenoxy) is 3. The molecule has 1 aromatic heterocycles. The molecule has 0 spiro atoms. The van der Waals surface area contributed by atoms with Crippen LogP contribution >= 0.6 is 11.5 Å². The fourth-order valence-corrected chi connectivity index (χ4v) is 2.37. The van der Waals surface area contributed by atoms with Crippen molar-refractivity contribution in [3.63, 3.8) is 0 Å². The minimum Gasteiger partial charge on any atom is -0.493 e. The third kappa shape index (κ3) is 3.75. The predicted molar refractivity (Wildman–Crippen MR) is 82.6 cm³/mol. The SMILES string of the molecule is CCCNc1snnc1COc1c(OC)cccc1OC. The van der Waals surface area contributed by atoms with Crippen LogP contribution in [0, 0.1) is 0 Å². The van der Waals surface area contributed by atoms with Crippen molar-refractivity contribution in [2.75, 3.05) is 26.1 Å². The molecule has 21 heavy (non-hydrogen) atoms. The molecule has 1 aromatic carbocycles. The van der Waals surface area contributed by atoms with Crippen LogP contribution in [0.25, 0.3) is 0 Å². The van der Waals surface area contributed by atoms with E-state index in [2.05, 4.69) is 21.8 Å². The van der Waals surface area contributed by atoms with Crippen molar-refractivity contribution in [1.29, 1.82) is 0 Å². The van der Waals surface area contributed by atoms with Crippen molar-refractivity contribution < 1.29 is 14.2 Å². The van der Waals surface area contributed by atoms with Gasteiger partial charge in [0.15, 0.2) is 11.5 Å². The van der Waals surface area contributed by atoms with E-state index in [1.165, 1.54) is 11.5 Å². The predicted octanol–water partition coefficient (Wildman–Crippen LogP) is 2.96. The molecular formula is C14H19N3O3S. The molecule has 0 saturated heterocycles. The summed E-state index contributed by atoms with van der Waals surface area (Å²) in [5.41, 5.74) is 0.779. The smallest absolute Gasteiger partial charge is 0.203 e. The molecule has 2 aromatic rings. The topological polar surface area (TPSA) is 65.5 Å². The second-order valence-electron chi connectivity index (χ2n) is 4.26. The first-order chi connectivity index (χ1) is 10.3. The molecule has 0 amide bonds. The van der Waals surface area contributed by atoms with E-state index in [-0.39, 0.29) is 0 Å². The normalized spacial score (nSPS) is 10.2. The van der Waals surface area contributed by atoms with Gasteiger partial charge in [0, 0.05) is 18.1 Å². The molecule has 0 aliphatic heterocycles. The van der Waals surface area contributed by atoms with Gasteiger partial charge < -0.3 is 19.5 Å². The second-order valence-corrected chi connectivity index (χ2v) is 5.01. The van der Waals surface area contributed by atoms with Crippen molar-refractivity contribution in [3.05, 3.63) is 23.9 Å². The Morgan fingerprint density at radius 1 is 1.19 bits per heavy atom. The molecule has 114 valence electrons. The van der Waals surface area contributed by atoms with Gasteiger partial charge in [-0.3, -0.25) is 0 Å². The lowest BCUT2D eigenvalue weighted by atomic mass is 10.3. The molecule has 1 N–H and O–H groups in total. The molecule has 1 heterocycles. The number of hydrogen-bond donors (Lipinski definition) is 1. The van der Waals surface area contributed by atoms with Crippen LogP contribution in [0.1, 0.15) is 19.0 Å². The number of para-hydroxylation sites is 1. The summed E-state index contributed by atoms with van der Waals surface area (Å²) in [6, 6.07) is 5.50. The number of benzene rings is 1. The van der Waals surface area contributed by atoms with Gasteiger partial charge in [0.1, 0.15) is 17.3 Å². The summed E-state index contributed by atoms with van der Waals surface area (Å²) < 4.78 is 20.4. The van der Waals surface area contributed by atoms with Crippen LogP contribution in [0.5, 0.6) is 17.2 Å². The first-order valence-corrected chi connectivity index (χ1v) is 7.46. The summed E-state index contributed by atoms with van der Waals surface area (Å²) in [5.74, 6) is 1.82. The van der Waals surface area contributed by atoms with E-state index in [1.807, 2.05) is 18.2 Å². The standard InChI is InChI=1S/C14H19N3O3S/c1-4-8-15-14-10(16-17-21-14)9-20-13-11(18-2)6-5-7-12(13)19-3/h5-7,15H,4,8-9H2,1-3H3. The number of anilines is 1. The Morgan fingerprint density at radius 3 is 2.52 bits per heavy atom. The molecule has 0 bridgehead atoms. The summed E-state index contributed by atoms with van der Waals surface area (Å²) in [4.78, 5) is 0. The van der Waals surface area contributed by atoms with Crippen molar-refractivity contribution >= 4 is 16.5 Å². The molecule has 0 atom stereocenters. The van der Waals surface area contributed by atoms with E-state index in [9.17, 15) is 0 Å². The van der Waals surface area contributed by atoms with E-state index in [1.54, 1.807) is 14.2 Å². The highest BCUT2D eigenvalue weighted by atomic mass is 32.1. The highest BCUT2D eigenvalue weighted by molar-refractivity contribution is 7.10. The monoisotopic (exact) mass is 309 g/mol. The van der Waals surface area contributed by atoms with Gasteiger partial charge in [-0.2, -0.15) is 0 Å². The Kier molecular flexibility index (Phi) is 5.62. The lowest BCUT2D eigenvalue weighted by Crippen LogP contribution is -2.05. The quantitative estimate of drug-likeness (QED) is 0.809. The average molecular weight is 309 g/mol. The molecule has 0 unspecified atom stereocenters. The van der Waals surface area contributed by atoms with E-state index >= 15 is 0 Å². The lowest BCUT2D eigenvalue weighted by molar-refractivity contribution is 0.263. The largest absolute Gasteiger partial charge is 0.493 e. The zero-order valence-corrected chi connectivity index (χ0v) is 13.2. The Bertz CT molecular complexity index is 552. The van der Waals surface area contributed by atoms with Crippen LogP contribution in [0.2, 0.25) is 0 Å². The van der Waals surface area contributed by atoms with Crippen molar-refractivity contribution in [2.45, 2.75) is 20.0 Å². The molecule has 7 heteroatoms. The van der Waals surface area contributed by atoms with E-state index in [4.69, 9.17) is 14.2 Å². The number of methoxy groups -OCH3 is 2. The zero-order valence-electron chi connectivity index (χ0n) is 12.4. The lowest BCUT2D eigenvalue weighted by Gasteiger charge is -2.13. The van der Waals surface area contributed by atoms with E-state index in [0.717, 1.165) is 23.7 Å². The van der Waals surface area contributed by atoms with Gasteiger partial charge in [-0.1, -0.05) is 17.5 Å². The number of nitrogens with one attached hydrogen (secondary N) is 1. The Morgan fingerprint density at radius 2 is 1.90 bits per heavy atom. The van der Waals surface area contributed by atoms with Gasteiger partial charge >= 0.3 is 0 Å². The fourth-order valence-electron chi connectivity index (χ4n) is 1.78. The number of hydrogen-bond acceptors (Lipinski definition) is 7. The van der Waals surface area contributed by atoms with Crippen LogP contribution in [-0.2, 0) is 6.61 Å². The Labute approximate surface area is 128 Å². The highest BCUT2D eigenvalue weighted by Crippen LogP contribution is 2.37. The molecule has 0 radical (unpaired) electrons. The van der Waals surface area contributed by atoms with Crippen LogP contribution in [-0.4, -0.2) is 30.4 Å². The van der Waals surface area contributed by atoms with Gasteiger partial charge in [0.25, 0.3) is 0 Å². The molecule has 0 fully saturated rings. The fraction of sp³-hybridized carbons (Fsp3) is 0.429. The maximum Gasteiger partial charge on any atom is 0.203 e. The third-order valence-corrected chi connectivity index (χ3v) is 3.55. The van der Waals surface area contributed by atoms with E-state index in [0.29, 0.717) is 23.9 Å². The number of aromatic nitrogens is 2. The summed E-state index contributed by atoms with van der Waals surface area (Å²) >= 11 is 1.33. The van der Waals surface area contributed by atoms with Gasteiger partial charge in [-0.25, -0.2) is 0 Å². The molecule has 0 aliphatic carbocycles. The zero-order chi connectivity index (χ0) is 15.1. The minimum absolute atomic E-state index is 0.305. The summed E-state index contributed by atoms with van der Waals surface area (Å²) in [6.45, 7) is 3.30. The summed E-state index contributed by atoms with van der Waals surface area (Å²) in [6.07, 6.45) is 1.04. The molecule has 0 aliphatic rings. The van der Waals surface area contributed by atoms with E-state index < -0.39 is 0 Å². The maximum atomic E-state index is 5.83. The van der Waals surface area contributed by atoms with Crippen LogP contribution < -0.4 is 19.5 Å². The molecule has 0 saturated carbocycles. The maximum absolute atomic E-state index is 5.83. The van der Waals surface area contributed by atoms with Gasteiger partial charge in [-0.15, -0.1) is 5.10 Å². The second kappa shape index (κ2) is 7.68. The van der Waals surface area contributed by atoms with Crippen molar-refractivity contribution in [3.8, 4) is 17.2 Å². The number of nitrogens with zero attached hydrogens (tertiary/aromatic N) is 2. The Hall–Kier alpha value is -2.02. The summed E-state index contributed by atoms with van der Waals surface area (Å²) in [5, 5.41) is 8.32. The first-order valence-electron chi connectivity index (χ1n) is 6.69. The van der Waals surface area contributed by atoms with Gasteiger partial charge in [0.2, 0.25) is 5.75 Å². The van der Waals surface area contributed by atoms with Gasteiger partial charge in [-0.05, 0) is 18.6 Å². The summed E-state index contributed by atoms with van der Waals surface area (Å²) in [7, 11) is 3.19. The minimum atomic E-state index is 0.305. The van der Waals surface area contributed by atoms with Crippen LogP contribution in [0.4, 0.5) is 5.00 Å². The molecule has 6 nitrogen and oxygen atoms in total. The highest BCUT2D eigenvalue weighted by Gasteiger charge is 2.14. The first kappa shape index (κ1) is 15.4.